The Kier molecular flexibility index (Phi) is 6.44. The Labute approximate surface area is 153 Å². The Morgan fingerprint density at radius 2 is 1.81 bits per heavy atom. The summed E-state index contributed by atoms with van der Waals surface area (Å²) in [7, 11) is 0. The van der Waals surface area contributed by atoms with Crippen LogP contribution in [0.5, 0.6) is 0 Å². The van der Waals surface area contributed by atoms with Crippen molar-refractivity contribution in [2.24, 2.45) is 5.92 Å². The van der Waals surface area contributed by atoms with Gasteiger partial charge in [-0.1, -0.05) is 30.3 Å². The van der Waals surface area contributed by atoms with Crippen molar-refractivity contribution in [1.82, 2.24) is 15.8 Å². The topological polar surface area (TPSA) is 74.6 Å². The van der Waals surface area contributed by atoms with Crippen LogP contribution < -0.4 is 10.9 Å². The number of nitrogens with one attached hydrogen (secondary N) is 2. The molecule has 2 amide bonds. The molecule has 0 radical (unpaired) electrons. The summed E-state index contributed by atoms with van der Waals surface area (Å²) in [5.74, 6) is 0.216. The molecule has 26 heavy (non-hydrogen) atoms. The zero-order chi connectivity index (χ0) is 18.2. The number of carbonyl (C=O) groups is 2. The van der Waals surface area contributed by atoms with Gasteiger partial charge < -0.3 is 4.42 Å². The second kappa shape index (κ2) is 9.20. The van der Waals surface area contributed by atoms with Crippen LogP contribution in [-0.4, -0.2) is 36.3 Å². The first-order chi connectivity index (χ1) is 12.7. The summed E-state index contributed by atoms with van der Waals surface area (Å²) in [6.07, 6.45) is 5.95. The number of amides is 2. The lowest BCUT2D eigenvalue weighted by atomic mass is 9.90. The third-order valence-corrected chi connectivity index (χ3v) is 4.82. The number of hydrogen-bond acceptors (Lipinski definition) is 4. The zero-order valence-corrected chi connectivity index (χ0v) is 14.8. The summed E-state index contributed by atoms with van der Waals surface area (Å²) >= 11 is 0. The van der Waals surface area contributed by atoms with Gasteiger partial charge in [0.15, 0.2) is 5.76 Å². The smallest absolute Gasteiger partial charge is 0.305 e. The molecule has 1 fully saturated rings. The molecule has 0 spiro atoms. The average molecular weight is 355 g/mol. The van der Waals surface area contributed by atoms with Crippen molar-refractivity contribution in [3.8, 4) is 0 Å². The summed E-state index contributed by atoms with van der Waals surface area (Å²) in [6, 6.07) is 13.7. The molecular weight excluding hydrogens is 330 g/mol. The Bertz CT molecular complexity index is 692. The molecule has 1 aliphatic rings. The fraction of sp³-hybridized carbons (Fsp3) is 0.400. The molecule has 0 unspecified atom stereocenters. The maximum Gasteiger partial charge on any atom is 0.305 e. The number of nitrogens with zero attached hydrogens (tertiary/aromatic N) is 1. The normalized spacial score (nSPS) is 15.5. The molecule has 1 saturated heterocycles. The van der Waals surface area contributed by atoms with Crippen molar-refractivity contribution in [3.63, 3.8) is 0 Å². The molecule has 1 aliphatic heterocycles. The fourth-order valence-electron chi connectivity index (χ4n) is 3.29. The Morgan fingerprint density at radius 3 is 2.50 bits per heavy atom. The molecule has 1 aromatic carbocycles. The summed E-state index contributed by atoms with van der Waals surface area (Å²) < 4.78 is 4.97. The van der Waals surface area contributed by atoms with Gasteiger partial charge in [-0.3, -0.25) is 25.3 Å². The summed E-state index contributed by atoms with van der Waals surface area (Å²) in [5, 5.41) is 0. The third kappa shape index (κ3) is 5.46. The predicted molar refractivity (Wildman–Crippen MR) is 98.2 cm³/mol. The van der Waals surface area contributed by atoms with Gasteiger partial charge in [0.05, 0.1) is 12.8 Å². The SMILES string of the molecule is O=C(CN1CCC(CCc2ccccc2)CC1)NNC(=O)c1ccco1. The molecule has 2 N–H and O–H groups in total. The van der Waals surface area contributed by atoms with Crippen molar-refractivity contribution in [2.75, 3.05) is 19.6 Å². The lowest BCUT2D eigenvalue weighted by molar-refractivity contribution is -0.123. The van der Waals surface area contributed by atoms with Gasteiger partial charge in [-0.15, -0.1) is 0 Å². The number of benzene rings is 1. The van der Waals surface area contributed by atoms with E-state index in [9.17, 15) is 9.59 Å². The van der Waals surface area contributed by atoms with Crippen molar-refractivity contribution in [3.05, 3.63) is 60.1 Å². The van der Waals surface area contributed by atoms with Crippen LogP contribution >= 0.6 is 0 Å². The van der Waals surface area contributed by atoms with Gasteiger partial charge >= 0.3 is 5.91 Å². The van der Waals surface area contributed by atoms with E-state index in [1.54, 1.807) is 12.1 Å². The molecule has 0 aliphatic carbocycles. The molecular formula is C20H25N3O3. The molecule has 6 heteroatoms. The lowest BCUT2D eigenvalue weighted by Crippen LogP contribution is -2.47. The predicted octanol–water partition coefficient (Wildman–Crippen LogP) is 2.39. The zero-order valence-electron chi connectivity index (χ0n) is 14.8. The van der Waals surface area contributed by atoms with Crippen LogP contribution in [0.4, 0.5) is 0 Å². The maximum absolute atomic E-state index is 12.0. The molecule has 3 rings (SSSR count). The molecule has 138 valence electrons. The van der Waals surface area contributed by atoms with E-state index in [0.717, 1.165) is 32.4 Å². The number of hydrogen-bond donors (Lipinski definition) is 2. The average Bonchev–Trinajstić information content (AvgIpc) is 3.21. The third-order valence-electron chi connectivity index (χ3n) is 4.82. The second-order valence-electron chi connectivity index (χ2n) is 6.72. The number of carbonyl (C=O) groups excluding carboxylic acids is 2. The van der Waals surface area contributed by atoms with Gasteiger partial charge in [-0.05, 0) is 62.4 Å². The minimum absolute atomic E-state index is 0.171. The van der Waals surface area contributed by atoms with E-state index in [-0.39, 0.29) is 11.7 Å². The first-order valence-electron chi connectivity index (χ1n) is 9.09. The van der Waals surface area contributed by atoms with Crippen LogP contribution in [0.25, 0.3) is 0 Å². The highest BCUT2D eigenvalue weighted by Crippen LogP contribution is 2.22. The highest BCUT2D eigenvalue weighted by atomic mass is 16.3. The van der Waals surface area contributed by atoms with E-state index in [1.807, 2.05) is 6.07 Å². The van der Waals surface area contributed by atoms with Gasteiger partial charge in [-0.25, -0.2) is 0 Å². The number of aryl methyl sites for hydroxylation is 1. The van der Waals surface area contributed by atoms with Crippen LogP contribution in [-0.2, 0) is 11.2 Å². The van der Waals surface area contributed by atoms with Crippen LogP contribution in [0.3, 0.4) is 0 Å². The van der Waals surface area contributed by atoms with Gasteiger partial charge in [0.2, 0.25) is 0 Å². The summed E-state index contributed by atoms with van der Waals surface area (Å²) in [5.41, 5.74) is 6.19. The van der Waals surface area contributed by atoms with E-state index >= 15 is 0 Å². The van der Waals surface area contributed by atoms with Crippen LogP contribution in [0, 0.1) is 5.92 Å². The molecule has 2 heterocycles. The van der Waals surface area contributed by atoms with Gasteiger partial charge in [0, 0.05) is 0 Å². The number of furan rings is 1. The number of likely N-dealkylation sites (tertiary alicyclic amines) is 1. The highest BCUT2D eigenvalue weighted by molar-refractivity contribution is 5.93. The van der Waals surface area contributed by atoms with E-state index in [4.69, 9.17) is 4.42 Å². The number of rotatable bonds is 6. The first kappa shape index (κ1) is 18.2. The maximum atomic E-state index is 12.0. The van der Waals surface area contributed by atoms with Crippen LogP contribution in [0.2, 0.25) is 0 Å². The quantitative estimate of drug-likeness (QED) is 0.780. The fourth-order valence-corrected chi connectivity index (χ4v) is 3.29. The van der Waals surface area contributed by atoms with Gasteiger partial charge in [0.1, 0.15) is 0 Å². The summed E-state index contributed by atoms with van der Waals surface area (Å²) in [6.45, 7) is 2.13. The van der Waals surface area contributed by atoms with E-state index in [1.165, 1.54) is 18.2 Å². The van der Waals surface area contributed by atoms with Crippen molar-refractivity contribution < 1.29 is 14.0 Å². The van der Waals surface area contributed by atoms with Gasteiger partial charge in [0.25, 0.3) is 5.91 Å². The monoisotopic (exact) mass is 355 g/mol. The van der Waals surface area contributed by atoms with Crippen molar-refractivity contribution >= 4 is 11.8 Å². The minimum atomic E-state index is -0.456. The van der Waals surface area contributed by atoms with Crippen LogP contribution in [0.1, 0.15) is 35.4 Å². The number of hydrazine groups is 1. The van der Waals surface area contributed by atoms with E-state index in [2.05, 4.69) is 40.0 Å². The van der Waals surface area contributed by atoms with Crippen LogP contribution in [0.15, 0.2) is 53.1 Å². The molecule has 0 atom stereocenters. The number of piperidine rings is 1. The molecule has 0 saturated carbocycles. The second-order valence-corrected chi connectivity index (χ2v) is 6.72. The van der Waals surface area contributed by atoms with E-state index < -0.39 is 5.91 Å². The Hall–Kier alpha value is -2.60. The molecule has 1 aromatic heterocycles. The highest BCUT2D eigenvalue weighted by Gasteiger charge is 2.21. The largest absolute Gasteiger partial charge is 0.459 e. The molecule has 2 aromatic rings. The Balaban J connectivity index is 1.32. The first-order valence-corrected chi connectivity index (χ1v) is 9.09. The molecule has 0 bridgehead atoms. The summed E-state index contributed by atoms with van der Waals surface area (Å²) in [4.78, 5) is 25.8. The minimum Gasteiger partial charge on any atom is -0.459 e. The van der Waals surface area contributed by atoms with Crippen molar-refractivity contribution in [1.29, 1.82) is 0 Å². The van der Waals surface area contributed by atoms with Crippen molar-refractivity contribution in [2.45, 2.75) is 25.7 Å². The lowest BCUT2D eigenvalue weighted by Gasteiger charge is -2.31. The Morgan fingerprint density at radius 1 is 1.04 bits per heavy atom. The standard InChI is InChI=1S/C20H25N3O3/c24-19(21-22-20(25)18-7-4-14-26-18)15-23-12-10-17(11-13-23)9-8-16-5-2-1-3-6-16/h1-7,14,17H,8-13,15H2,(H,21,24)(H,22,25). The van der Waals surface area contributed by atoms with Gasteiger partial charge in [-0.2, -0.15) is 0 Å². The molecule has 6 nitrogen and oxygen atoms in total. The van der Waals surface area contributed by atoms with E-state index in [0.29, 0.717) is 12.5 Å².